The van der Waals surface area contributed by atoms with Gasteiger partial charge in [-0.25, -0.2) is 23.4 Å². The maximum Gasteiger partial charge on any atom is 0.262 e. The van der Waals surface area contributed by atoms with Gasteiger partial charge in [-0.15, -0.1) is 0 Å². The van der Waals surface area contributed by atoms with Gasteiger partial charge in [0.2, 0.25) is 10.0 Å². The fourth-order valence-corrected chi connectivity index (χ4v) is 5.50. The number of nitrogens with one attached hydrogen (secondary N) is 2. The number of benzene rings is 1. The lowest BCUT2D eigenvalue weighted by Gasteiger charge is -2.25. The number of nitrogens with two attached hydrogens (primary N) is 1. The number of aromatic nitrogens is 4. The highest BCUT2D eigenvalue weighted by molar-refractivity contribution is 7.89. The summed E-state index contributed by atoms with van der Waals surface area (Å²) in [5.41, 5.74) is 7.66. The van der Waals surface area contributed by atoms with Crippen molar-refractivity contribution in [2.45, 2.75) is 24.2 Å². The molecule has 4 aromatic rings. The van der Waals surface area contributed by atoms with E-state index < -0.39 is 10.0 Å². The Morgan fingerprint density at radius 1 is 1.00 bits per heavy atom. The number of pyridine rings is 2. The average molecular weight is 478 g/mol. The SMILES string of the molecule is Nc1ccc(-c2cc3nc[nH]c(=O)c3c(Nc3ccc(S(=O)(=O)N4CCCCC4)cc3)n2)cn1. The van der Waals surface area contributed by atoms with E-state index in [4.69, 9.17) is 5.73 Å². The third-order valence-electron chi connectivity index (χ3n) is 5.78. The van der Waals surface area contributed by atoms with E-state index in [9.17, 15) is 13.2 Å². The predicted octanol–water partition coefficient (Wildman–Crippen LogP) is 2.88. The summed E-state index contributed by atoms with van der Waals surface area (Å²) in [6.45, 7) is 1.08. The lowest BCUT2D eigenvalue weighted by molar-refractivity contribution is 0.346. The molecule has 3 aromatic heterocycles. The molecule has 1 aromatic carbocycles. The molecular weight excluding hydrogens is 454 g/mol. The monoisotopic (exact) mass is 477 g/mol. The van der Waals surface area contributed by atoms with E-state index in [2.05, 4.69) is 25.3 Å². The molecule has 0 radical (unpaired) electrons. The number of sulfonamides is 1. The highest BCUT2D eigenvalue weighted by atomic mass is 32.2. The minimum Gasteiger partial charge on any atom is -0.384 e. The highest BCUT2D eigenvalue weighted by Gasteiger charge is 2.25. The van der Waals surface area contributed by atoms with Crippen LogP contribution < -0.4 is 16.6 Å². The first-order valence-corrected chi connectivity index (χ1v) is 12.3. The zero-order valence-corrected chi connectivity index (χ0v) is 19.0. The Morgan fingerprint density at radius 3 is 2.47 bits per heavy atom. The maximum absolute atomic E-state index is 12.9. The van der Waals surface area contributed by atoms with E-state index in [0.717, 1.165) is 19.3 Å². The molecule has 5 rings (SSSR count). The normalized spacial score (nSPS) is 14.8. The molecule has 10 nitrogen and oxygen atoms in total. The van der Waals surface area contributed by atoms with E-state index in [1.54, 1.807) is 48.7 Å². The van der Waals surface area contributed by atoms with Crippen LogP contribution in [0.25, 0.3) is 22.2 Å². The molecule has 11 heteroatoms. The van der Waals surface area contributed by atoms with Crippen LogP contribution in [0.3, 0.4) is 0 Å². The average Bonchev–Trinajstić information content (AvgIpc) is 2.85. The number of piperidine rings is 1. The molecule has 1 saturated heterocycles. The zero-order valence-electron chi connectivity index (χ0n) is 18.2. The highest BCUT2D eigenvalue weighted by Crippen LogP contribution is 2.28. The third kappa shape index (κ3) is 4.22. The van der Waals surface area contributed by atoms with Gasteiger partial charge in [0.05, 0.1) is 22.4 Å². The Bertz CT molecular complexity index is 1490. The number of nitrogens with zero attached hydrogens (tertiary/aromatic N) is 4. The minimum atomic E-state index is -3.53. The van der Waals surface area contributed by atoms with Gasteiger partial charge in [0.15, 0.2) is 0 Å². The number of aromatic amines is 1. The van der Waals surface area contributed by atoms with Gasteiger partial charge in [-0.2, -0.15) is 4.31 Å². The summed E-state index contributed by atoms with van der Waals surface area (Å²) in [4.78, 5) is 28.4. The summed E-state index contributed by atoms with van der Waals surface area (Å²) in [6.07, 6.45) is 5.73. The molecule has 0 amide bonds. The Morgan fingerprint density at radius 2 is 1.76 bits per heavy atom. The maximum atomic E-state index is 12.9. The van der Waals surface area contributed by atoms with Crippen molar-refractivity contribution in [2.24, 2.45) is 0 Å². The number of fused-ring (bicyclic) bond motifs is 1. The van der Waals surface area contributed by atoms with Crippen LogP contribution >= 0.6 is 0 Å². The summed E-state index contributed by atoms with van der Waals surface area (Å²) in [6, 6.07) is 11.6. The van der Waals surface area contributed by atoms with Crippen molar-refractivity contribution in [3.05, 3.63) is 65.3 Å². The molecule has 0 bridgehead atoms. The molecule has 1 aliphatic rings. The smallest absolute Gasteiger partial charge is 0.262 e. The van der Waals surface area contributed by atoms with Gasteiger partial charge in [0.1, 0.15) is 17.0 Å². The lowest BCUT2D eigenvalue weighted by Crippen LogP contribution is -2.35. The summed E-state index contributed by atoms with van der Waals surface area (Å²) in [7, 11) is -3.53. The fraction of sp³-hybridized carbons (Fsp3) is 0.217. The predicted molar refractivity (Wildman–Crippen MR) is 130 cm³/mol. The summed E-state index contributed by atoms with van der Waals surface area (Å²) in [5.74, 6) is 0.683. The molecule has 4 heterocycles. The van der Waals surface area contributed by atoms with Crippen molar-refractivity contribution < 1.29 is 8.42 Å². The van der Waals surface area contributed by atoms with Crippen LogP contribution in [0, 0.1) is 0 Å². The van der Waals surface area contributed by atoms with Crippen molar-refractivity contribution in [3.63, 3.8) is 0 Å². The quantitative estimate of drug-likeness (QED) is 0.397. The number of anilines is 3. The van der Waals surface area contributed by atoms with Gasteiger partial charge in [0.25, 0.3) is 5.56 Å². The fourth-order valence-electron chi connectivity index (χ4n) is 3.99. The largest absolute Gasteiger partial charge is 0.384 e. The van der Waals surface area contributed by atoms with Crippen molar-refractivity contribution in [2.75, 3.05) is 24.1 Å². The second-order valence-corrected chi connectivity index (χ2v) is 10.0. The number of hydrogen-bond acceptors (Lipinski definition) is 8. The van der Waals surface area contributed by atoms with E-state index in [1.807, 2.05) is 0 Å². The Kier molecular flexibility index (Phi) is 5.72. The van der Waals surface area contributed by atoms with Crippen LogP contribution in [0.2, 0.25) is 0 Å². The molecule has 0 aliphatic carbocycles. The molecule has 1 fully saturated rings. The second kappa shape index (κ2) is 8.84. The van der Waals surface area contributed by atoms with Gasteiger partial charge in [-0.05, 0) is 55.3 Å². The Hall–Kier alpha value is -3.83. The molecule has 174 valence electrons. The topological polar surface area (TPSA) is 147 Å². The van der Waals surface area contributed by atoms with Gasteiger partial charge >= 0.3 is 0 Å². The molecule has 34 heavy (non-hydrogen) atoms. The van der Waals surface area contributed by atoms with Crippen molar-refractivity contribution >= 4 is 38.2 Å². The standard InChI is InChI=1S/C23H23N7O3S/c24-20-9-4-15(13-25-20)18-12-19-21(23(31)27-14-26-19)22(29-18)28-16-5-7-17(8-6-16)34(32,33)30-10-2-1-3-11-30/h4-9,12-14H,1-3,10-11H2,(H2,24,25)(H,28,29)(H,26,27,31). The molecule has 1 aliphatic heterocycles. The van der Waals surface area contributed by atoms with Crippen LogP contribution in [0.5, 0.6) is 0 Å². The number of nitrogen functional groups attached to an aromatic ring is 1. The number of hydrogen-bond donors (Lipinski definition) is 3. The molecular formula is C23H23N7O3S. The lowest BCUT2D eigenvalue weighted by atomic mass is 10.1. The molecule has 0 atom stereocenters. The second-order valence-electron chi connectivity index (χ2n) is 8.07. The van der Waals surface area contributed by atoms with Crippen LogP contribution in [0.4, 0.5) is 17.3 Å². The number of H-pyrrole nitrogens is 1. The van der Waals surface area contributed by atoms with Crippen molar-refractivity contribution in [1.29, 1.82) is 0 Å². The van der Waals surface area contributed by atoms with Gasteiger partial charge in [-0.1, -0.05) is 6.42 Å². The molecule has 0 spiro atoms. The van der Waals surface area contributed by atoms with Gasteiger partial charge in [0, 0.05) is 30.5 Å². The van der Waals surface area contributed by atoms with Crippen LogP contribution in [0.15, 0.2) is 64.7 Å². The number of rotatable bonds is 5. The van der Waals surface area contributed by atoms with Crippen molar-refractivity contribution in [3.8, 4) is 11.3 Å². The first-order valence-electron chi connectivity index (χ1n) is 10.9. The van der Waals surface area contributed by atoms with Gasteiger partial charge < -0.3 is 16.0 Å². The first kappa shape index (κ1) is 22.0. The van der Waals surface area contributed by atoms with E-state index >= 15 is 0 Å². The van der Waals surface area contributed by atoms with Crippen LogP contribution in [0.1, 0.15) is 19.3 Å². The van der Waals surface area contributed by atoms with E-state index in [1.165, 1.54) is 10.6 Å². The molecule has 4 N–H and O–H groups in total. The molecule has 0 unspecified atom stereocenters. The van der Waals surface area contributed by atoms with E-state index in [-0.39, 0.29) is 10.5 Å². The summed E-state index contributed by atoms with van der Waals surface area (Å²) in [5, 5.41) is 3.43. The zero-order chi connectivity index (χ0) is 23.7. The van der Waals surface area contributed by atoms with E-state index in [0.29, 0.717) is 52.6 Å². The van der Waals surface area contributed by atoms with Crippen LogP contribution in [-0.2, 0) is 10.0 Å². The van der Waals surface area contributed by atoms with Crippen molar-refractivity contribution in [1.82, 2.24) is 24.2 Å². The summed E-state index contributed by atoms with van der Waals surface area (Å²) >= 11 is 0. The Labute approximate surface area is 195 Å². The third-order valence-corrected chi connectivity index (χ3v) is 7.69. The minimum absolute atomic E-state index is 0.235. The summed E-state index contributed by atoms with van der Waals surface area (Å²) < 4.78 is 27.4. The molecule has 0 saturated carbocycles. The first-order chi connectivity index (χ1) is 16.4. The van der Waals surface area contributed by atoms with Gasteiger partial charge in [-0.3, -0.25) is 4.79 Å². The Balaban J connectivity index is 1.50. The van der Waals surface area contributed by atoms with Crippen LogP contribution in [-0.4, -0.2) is 45.7 Å².